The SMILES string of the molecule is CCCn1c(SCC(=O)NC(=O)NC2CCCC2)n[nH]c1=O. The number of H-pyrrole nitrogens is 1. The zero-order valence-corrected chi connectivity index (χ0v) is 13.4. The number of imide groups is 1. The second-order valence-corrected chi connectivity index (χ2v) is 6.20. The third-order valence-corrected chi connectivity index (χ3v) is 4.42. The standard InChI is InChI=1S/C13H21N5O3S/c1-2-7-18-12(21)16-17-13(18)22-8-10(19)15-11(20)14-9-5-3-4-6-9/h9H,2-8H2,1H3,(H,16,21)(H2,14,15,19,20). The highest BCUT2D eigenvalue weighted by atomic mass is 32.2. The fourth-order valence-electron chi connectivity index (χ4n) is 2.42. The van der Waals surface area contributed by atoms with Gasteiger partial charge in [0.2, 0.25) is 5.91 Å². The molecule has 1 fully saturated rings. The number of carbonyl (C=O) groups is 2. The molecular formula is C13H21N5O3S. The topological polar surface area (TPSA) is 109 Å². The lowest BCUT2D eigenvalue weighted by atomic mass is 10.2. The van der Waals surface area contributed by atoms with E-state index < -0.39 is 11.9 Å². The first-order chi connectivity index (χ1) is 10.6. The maximum Gasteiger partial charge on any atom is 0.343 e. The molecule has 0 bridgehead atoms. The number of aromatic nitrogens is 3. The third-order valence-electron chi connectivity index (χ3n) is 3.45. The highest BCUT2D eigenvalue weighted by Crippen LogP contribution is 2.17. The zero-order valence-electron chi connectivity index (χ0n) is 12.6. The number of amides is 3. The maximum atomic E-state index is 11.8. The van der Waals surface area contributed by atoms with Crippen LogP contribution in [0.3, 0.4) is 0 Å². The third kappa shape index (κ3) is 4.62. The summed E-state index contributed by atoms with van der Waals surface area (Å²) in [4.78, 5) is 34.9. The van der Waals surface area contributed by atoms with Crippen LogP contribution in [0.15, 0.2) is 9.95 Å². The average Bonchev–Trinajstić information content (AvgIpc) is 3.09. The van der Waals surface area contributed by atoms with Crippen LogP contribution >= 0.6 is 11.8 Å². The van der Waals surface area contributed by atoms with Crippen molar-refractivity contribution in [3.8, 4) is 0 Å². The highest BCUT2D eigenvalue weighted by molar-refractivity contribution is 7.99. The summed E-state index contributed by atoms with van der Waals surface area (Å²) in [5.74, 6) is -0.370. The number of hydrogen-bond acceptors (Lipinski definition) is 5. The van der Waals surface area contributed by atoms with E-state index in [0.29, 0.717) is 11.7 Å². The lowest BCUT2D eigenvalue weighted by Gasteiger charge is -2.12. The van der Waals surface area contributed by atoms with E-state index in [0.717, 1.165) is 43.9 Å². The van der Waals surface area contributed by atoms with Gasteiger partial charge >= 0.3 is 11.7 Å². The molecule has 22 heavy (non-hydrogen) atoms. The molecule has 9 heteroatoms. The lowest BCUT2D eigenvalue weighted by Crippen LogP contribution is -2.44. The molecular weight excluding hydrogens is 306 g/mol. The molecule has 2 rings (SSSR count). The second-order valence-electron chi connectivity index (χ2n) is 5.25. The average molecular weight is 327 g/mol. The van der Waals surface area contributed by atoms with Crippen LogP contribution < -0.4 is 16.3 Å². The van der Waals surface area contributed by atoms with Gasteiger partial charge < -0.3 is 5.32 Å². The van der Waals surface area contributed by atoms with Crippen molar-refractivity contribution < 1.29 is 9.59 Å². The van der Waals surface area contributed by atoms with Gasteiger partial charge in [0, 0.05) is 12.6 Å². The summed E-state index contributed by atoms with van der Waals surface area (Å²) in [6, 6.07) is -0.285. The van der Waals surface area contributed by atoms with Crippen molar-refractivity contribution in [2.75, 3.05) is 5.75 Å². The van der Waals surface area contributed by atoms with Gasteiger partial charge in [-0.25, -0.2) is 14.7 Å². The van der Waals surface area contributed by atoms with Crippen LogP contribution in [0.5, 0.6) is 0 Å². The first-order valence-electron chi connectivity index (χ1n) is 7.48. The van der Waals surface area contributed by atoms with Crippen molar-refractivity contribution in [2.24, 2.45) is 0 Å². The van der Waals surface area contributed by atoms with Gasteiger partial charge in [0.25, 0.3) is 0 Å². The van der Waals surface area contributed by atoms with E-state index in [-0.39, 0.29) is 17.5 Å². The molecule has 1 aromatic heterocycles. The Kier molecular flexibility index (Phi) is 6.05. The highest BCUT2D eigenvalue weighted by Gasteiger charge is 2.18. The molecule has 1 heterocycles. The van der Waals surface area contributed by atoms with E-state index in [4.69, 9.17) is 0 Å². The van der Waals surface area contributed by atoms with Crippen molar-refractivity contribution in [3.05, 3.63) is 10.5 Å². The van der Waals surface area contributed by atoms with Crippen molar-refractivity contribution in [3.63, 3.8) is 0 Å². The van der Waals surface area contributed by atoms with Gasteiger partial charge in [0.1, 0.15) is 0 Å². The van der Waals surface area contributed by atoms with Crippen molar-refractivity contribution in [1.82, 2.24) is 25.4 Å². The second kappa shape index (κ2) is 8.02. The quantitative estimate of drug-likeness (QED) is 0.671. The summed E-state index contributed by atoms with van der Waals surface area (Å²) in [6.45, 7) is 2.50. The minimum Gasteiger partial charge on any atom is -0.335 e. The summed E-state index contributed by atoms with van der Waals surface area (Å²) in [6.07, 6.45) is 4.95. The predicted octanol–water partition coefficient (Wildman–Crippen LogP) is 0.842. The van der Waals surface area contributed by atoms with Crippen LogP contribution in [0.2, 0.25) is 0 Å². The number of nitrogens with zero attached hydrogens (tertiary/aromatic N) is 2. The Bertz CT molecular complexity index is 576. The Balaban J connectivity index is 1.77. The fourth-order valence-corrected chi connectivity index (χ4v) is 3.19. The van der Waals surface area contributed by atoms with Crippen LogP contribution in [0.4, 0.5) is 4.79 Å². The molecule has 1 aliphatic rings. The molecule has 1 saturated carbocycles. The monoisotopic (exact) mass is 327 g/mol. The summed E-state index contributed by atoms with van der Waals surface area (Å²) in [5, 5.41) is 11.8. The van der Waals surface area contributed by atoms with Gasteiger partial charge in [-0.15, -0.1) is 5.10 Å². The zero-order chi connectivity index (χ0) is 15.9. The Labute approximate surface area is 132 Å². The van der Waals surface area contributed by atoms with Crippen molar-refractivity contribution in [1.29, 1.82) is 0 Å². The van der Waals surface area contributed by atoms with Crippen LogP contribution in [-0.2, 0) is 11.3 Å². The molecule has 1 aliphatic carbocycles. The van der Waals surface area contributed by atoms with Gasteiger partial charge in [-0.05, 0) is 19.3 Å². The predicted molar refractivity (Wildman–Crippen MR) is 82.8 cm³/mol. The molecule has 0 spiro atoms. The maximum absolute atomic E-state index is 11.8. The fraction of sp³-hybridized carbons (Fsp3) is 0.692. The Hall–Kier alpha value is -1.77. The normalized spacial score (nSPS) is 15.0. The number of aromatic amines is 1. The van der Waals surface area contributed by atoms with Crippen molar-refractivity contribution in [2.45, 2.75) is 56.8 Å². The Morgan fingerprint density at radius 2 is 2.14 bits per heavy atom. The number of urea groups is 1. The molecule has 0 atom stereocenters. The summed E-state index contributed by atoms with van der Waals surface area (Å²) < 4.78 is 1.48. The number of hydrogen-bond donors (Lipinski definition) is 3. The van der Waals surface area contributed by atoms with Crippen LogP contribution in [0.25, 0.3) is 0 Å². The van der Waals surface area contributed by atoms with Gasteiger partial charge in [-0.2, -0.15) is 0 Å². The van der Waals surface area contributed by atoms with E-state index in [1.807, 2.05) is 6.92 Å². The largest absolute Gasteiger partial charge is 0.343 e. The first kappa shape index (κ1) is 16.6. The number of thioether (sulfide) groups is 1. The molecule has 1 aromatic rings. The van der Waals surface area contributed by atoms with E-state index in [1.54, 1.807) is 0 Å². The molecule has 0 unspecified atom stereocenters. The Morgan fingerprint density at radius 3 is 2.82 bits per heavy atom. The Morgan fingerprint density at radius 1 is 1.41 bits per heavy atom. The summed E-state index contributed by atoms with van der Waals surface area (Å²) in [7, 11) is 0. The van der Waals surface area contributed by atoms with E-state index in [1.165, 1.54) is 4.57 Å². The minimum absolute atomic E-state index is 0.0338. The van der Waals surface area contributed by atoms with Crippen LogP contribution in [0, 0.1) is 0 Å². The summed E-state index contributed by atoms with van der Waals surface area (Å²) >= 11 is 1.13. The molecule has 0 aliphatic heterocycles. The molecule has 3 N–H and O–H groups in total. The van der Waals surface area contributed by atoms with E-state index >= 15 is 0 Å². The van der Waals surface area contributed by atoms with Crippen molar-refractivity contribution >= 4 is 23.7 Å². The smallest absolute Gasteiger partial charge is 0.335 e. The van der Waals surface area contributed by atoms with Crippen LogP contribution in [-0.4, -0.2) is 38.5 Å². The van der Waals surface area contributed by atoms with Gasteiger partial charge in [0.05, 0.1) is 5.75 Å². The van der Waals surface area contributed by atoms with Gasteiger partial charge in [-0.3, -0.25) is 14.7 Å². The number of carbonyl (C=O) groups excluding carboxylic acids is 2. The molecule has 3 amide bonds. The lowest BCUT2D eigenvalue weighted by molar-refractivity contribution is -0.117. The van der Waals surface area contributed by atoms with Gasteiger partial charge in [0.15, 0.2) is 5.16 Å². The van der Waals surface area contributed by atoms with Crippen LogP contribution in [0.1, 0.15) is 39.0 Å². The minimum atomic E-state index is -0.453. The van der Waals surface area contributed by atoms with E-state index in [9.17, 15) is 14.4 Å². The number of nitrogens with one attached hydrogen (secondary N) is 3. The first-order valence-corrected chi connectivity index (χ1v) is 8.47. The summed E-state index contributed by atoms with van der Waals surface area (Å²) in [5.41, 5.74) is -0.288. The molecule has 0 aromatic carbocycles. The number of rotatable bonds is 6. The van der Waals surface area contributed by atoms with E-state index in [2.05, 4.69) is 20.8 Å². The molecule has 0 saturated heterocycles. The molecule has 0 radical (unpaired) electrons. The molecule has 122 valence electrons. The van der Waals surface area contributed by atoms with Gasteiger partial charge in [-0.1, -0.05) is 31.5 Å². The molecule has 8 nitrogen and oxygen atoms in total.